The highest BCUT2D eigenvalue weighted by Gasteiger charge is 2.25. The summed E-state index contributed by atoms with van der Waals surface area (Å²) in [5, 5.41) is 19.4. The number of fused-ring (bicyclic) bond motifs is 5. The van der Waals surface area contributed by atoms with E-state index < -0.39 is 0 Å². The van der Waals surface area contributed by atoms with Gasteiger partial charge in [-0.1, -0.05) is 66.2 Å². The number of rotatable bonds is 6. The first-order valence-corrected chi connectivity index (χ1v) is 14.9. The number of nitrogens with one attached hydrogen (secondary N) is 3. The number of aromatic nitrogens is 4. The first-order chi connectivity index (χ1) is 21.1. The largest absolute Gasteiger partial charge is 0.338 e. The number of nitrogens with zero attached hydrogens (tertiary/aromatic N) is 5. The number of para-hydroxylation sites is 1. The van der Waals surface area contributed by atoms with Crippen molar-refractivity contribution < 1.29 is 4.79 Å². The van der Waals surface area contributed by atoms with Crippen LogP contribution in [0.15, 0.2) is 91.1 Å². The molecular weight excluding hydrogens is 560 g/mol. The van der Waals surface area contributed by atoms with Crippen LogP contribution in [0.1, 0.15) is 24.0 Å². The zero-order valence-electron chi connectivity index (χ0n) is 23.5. The molecule has 0 saturated carbocycles. The van der Waals surface area contributed by atoms with Crippen molar-refractivity contribution in [3.05, 3.63) is 107 Å². The molecule has 2 aliphatic rings. The molecule has 1 saturated heterocycles. The molecular formula is C33H31ClN8O. The van der Waals surface area contributed by atoms with Crippen molar-refractivity contribution in [1.29, 1.82) is 0 Å². The van der Waals surface area contributed by atoms with Crippen molar-refractivity contribution >= 4 is 29.1 Å². The molecule has 43 heavy (non-hydrogen) atoms. The molecule has 3 aromatic carbocycles. The Bertz CT molecular complexity index is 1760. The molecule has 0 unspecified atom stereocenters. The van der Waals surface area contributed by atoms with E-state index in [4.69, 9.17) is 11.6 Å². The number of urea groups is 1. The van der Waals surface area contributed by atoms with Crippen LogP contribution in [0.2, 0.25) is 5.02 Å². The van der Waals surface area contributed by atoms with Gasteiger partial charge in [-0.05, 0) is 54.3 Å². The third-order valence-electron chi connectivity index (χ3n) is 8.05. The Morgan fingerprint density at radius 3 is 2.51 bits per heavy atom. The fourth-order valence-corrected chi connectivity index (χ4v) is 5.97. The normalized spacial score (nSPS) is 14.5. The molecule has 0 aliphatic carbocycles. The molecule has 9 nitrogen and oxygen atoms in total. The standard InChI is InChI=1S/C33H31ClN8O/c34-27-8-3-1-6-24(27)20-36-33(43)37-25-15-18-41(19-16-25)21-22-11-13-23(14-12-22)31-39-40-32-26-7-2-4-9-28(26)38-30-29(42(31)32)10-5-17-35-30/h1-14,17,25H,15-16,18-21H2,(H,35,38)(H2,36,37,43). The second-order valence-electron chi connectivity index (χ2n) is 10.9. The van der Waals surface area contributed by atoms with E-state index in [-0.39, 0.29) is 12.1 Å². The number of anilines is 2. The van der Waals surface area contributed by atoms with E-state index >= 15 is 0 Å². The van der Waals surface area contributed by atoms with Crippen molar-refractivity contribution in [2.24, 2.45) is 0 Å². The molecule has 0 spiro atoms. The summed E-state index contributed by atoms with van der Waals surface area (Å²) in [5.74, 6) is 2.32. The fraction of sp³-hybridized carbons (Fsp3) is 0.212. The summed E-state index contributed by atoms with van der Waals surface area (Å²) in [6, 6.07) is 28.2. The molecule has 1 fully saturated rings. The smallest absolute Gasteiger partial charge is 0.315 e. The van der Waals surface area contributed by atoms with Crippen LogP contribution in [-0.2, 0) is 13.1 Å². The van der Waals surface area contributed by atoms with Gasteiger partial charge in [-0.25, -0.2) is 9.78 Å². The van der Waals surface area contributed by atoms with E-state index in [1.807, 2.05) is 60.7 Å². The average Bonchev–Trinajstić information content (AvgIpc) is 3.41. The maximum absolute atomic E-state index is 12.4. The zero-order valence-corrected chi connectivity index (χ0v) is 24.3. The maximum Gasteiger partial charge on any atom is 0.315 e. The molecule has 0 radical (unpaired) electrons. The van der Waals surface area contributed by atoms with Gasteiger partial charge in [0.1, 0.15) is 0 Å². The minimum absolute atomic E-state index is 0.155. The molecule has 10 heteroatoms. The summed E-state index contributed by atoms with van der Waals surface area (Å²) in [6.07, 6.45) is 3.60. The van der Waals surface area contributed by atoms with Gasteiger partial charge in [0, 0.05) is 54.6 Å². The van der Waals surface area contributed by atoms with Crippen molar-refractivity contribution in [1.82, 2.24) is 35.3 Å². The molecule has 7 rings (SSSR count). The fourth-order valence-electron chi connectivity index (χ4n) is 5.77. The highest BCUT2D eigenvalue weighted by atomic mass is 35.5. The maximum atomic E-state index is 12.4. The first-order valence-electron chi connectivity index (χ1n) is 14.5. The van der Waals surface area contributed by atoms with Crippen molar-refractivity contribution in [2.45, 2.75) is 32.0 Å². The molecule has 2 amide bonds. The van der Waals surface area contributed by atoms with Crippen molar-refractivity contribution in [3.63, 3.8) is 0 Å². The lowest BCUT2D eigenvalue weighted by molar-refractivity contribution is 0.186. The number of likely N-dealkylation sites (tertiary alicyclic amines) is 1. The van der Waals surface area contributed by atoms with Gasteiger partial charge in [0.15, 0.2) is 17.5 Å². The number of carbonyl (C=O) groups is 1. The molecule has 2 aromatic heterocycles. The van der Waals surface area contributed by atoms with Gasteiger partial charge in [0.2, 0.25) is 0 Å². The molecule has 0 bridgehead atoms. The number of hydrogen-bond donors (Lipinski definition) is 3. The Kier molecular flexibility index (Phi) is 7.49. The van der Waals surface area contributed by atoms with Crippen molar-refractivity contribution in [2.75, 3.05) is 18.4 Å². The highest BCUT2D eigenvalue weighted by molar-refractivity contribution is 6.31. The van der Waals surface area contributed by atoms with Crippen LogP contribution in [0.25, 0.3) is 28.5 Å². The molecule has 4 heterocycles. The van der Waals surface area contributed by atoms with Gasteiger partial charge in [-0.2, -0.15) is 0 Å². The number of piperidine rings is 1. The SMILES string of the molecule is O=C(NCc1ccccc1Cl)NC1CCN(Cc2ccc(-c3nnc4n3-c3cccnc3Nc3ccccc3-4)cc2)CC1. The van der Waals surface area contributed by atoms with Gasteiger partial charge < -0.3 is 16.0 Å². The molecule has 5 aromatic rings. The zero-order chi connectivity index (χ0) is 29.2. The Balaban J connectivity index is 0.988. The lowest BCUT2D eigenvalue weighted by atomic mass is 10.0. The van der Waals surface area contributed by atoms with E-state index in [1.165, 1.54) is 5.56 Å². The lowest BCUT2D eigenvalue weighted by Crippen LogP contribution is -2.47. The summed E-state index contributed by atoms with van der Waals surface area (Å²) in [6.45, 7) is 3.11. The first kappa shape index (κ1) is 27.1. The Hall–Kier alpha value is -4.73. The number of carbonyl (C=O) groups excluding carboxylic acids is 1. The summed E-state index contributed by atoms with van der Waals surface area (Å²) in [4.78, 5) is 19.5. The Morgan fingerprint density at radius 1 is 0.907 bits per heavy atom. The predicted molar refractivity (Wildman–Crippen MR) is 168 cm³/mol. The van der Waals surface area contributed by atoms with Gasteiger partial charge in [-0.3, -0.25) is 9.47 Å². The van der Waals surface area contributed by atoms with Crippen LogP contribution < -0.4 is 16.0 Å². The quantitative estimate of drug-likeness (QED) is 0.214. The number of hydrogen-bond acceptors (Lipinski definition) is 6. The average molecular weight is 591 g/mol. The second-order valence-corrected chi connectivity index (χ2v) is 11.3. The lowest BCUT2D eigenvalue weighted by Gasteiger charge is -2.32. The highest BCUT2D eigenvalue weighted by Crippen LogP contribution is 2.39. The van der Waals surface area contributed by atoms with Crippen molar-refractivity contribution in [3.8, 4) is 28.5 Å². The number of halogens is 1. The van der Waals surface area contributed by atoms with E-state index in [0.717, 1.165) is 78.0 Å². The second kappa shape index (κ2) is 11.9. The minimum Gasteiger partial charge on any atom is -0.338 e. The predicted octanol–water partition coefficient (Wildman–Crippen LogP) is 6.17. The third-order valence-corrected chi connectivity index (χ3v) is 8.42. The van der Waals surface area contributed by atoms with Crippen LogP contribution >= 0.6 is 11.6 Å². The number of amides is 2. The van der Waals surface area contributed by atoms with Gasteiger partial charge in [-0.15, -0.1) is 10.2 Å². The summed E-state index contributed by atoms with van der Waals surface area (Å²) in [5.41, 5.74) is 5.97. The van der Waals surface area contributed by atoms with Crippen LogP contribution in [-0.4, -0.2) is 49.8 Å². The Morgan fingerprint density at radius 2 is 1.67 bits per heavy atom. The number of pyridine rings is 1. The summed E-state index contributed by atoms with van der Waals surface area (Å²) in [7, 11) is 0. The summed E-state index contributed by atoms with van der Waals surface area (Å²) < 4.78 is 2.08. The van der Waals surface area contributed by atoms with E-state index in [1.54, 1.807) is 6.20 Å². The van der Waals surface area contributed by atoms with E-state index in [9.17, 15) is 4.79 Å². The van der Waals surface area contributed by atoms with Crippen LogP contribution in [0.3, 0.4) is 0 Å². The number of benzene rings is 3. The third kappa shape index (κ3) is 5.69. The van der Waals surface area contributed by atoms with Crippen LogP contribution in [0, 0.1) is 0 Å². The van der Waals surface area contributed by atoms with Crippen LogP contribution in [0.4, 0.5) is 16.3 Å². The minimum atomic E-state index is -0.155. The van der Waals surface area contributed by atoms with Gasteiger partial charge >= 0.3 is 6.03 Å². The van der Waals surface area contributed by atoms with E-state index in [0.29, 0.717) is 11.6 Å². The molecule has 216 valence electrons. The summed E-state index contributed by atoms with van der Waals surface area (Å²) >= 11 is 6.20. The molecule has 0 atom stereocenters. The monoisotopic (exact) mass is 590 g/mol. The molecule has 2 aliphatic heterocycles. The molecule has 3 N–H and O–H groups in total. The van der Waals surface area contributed by atoms with Crippen LogP contribution in [0.5, 0.6) is 0 Å². The topological polar surface area (TPSA) is 100 Å². The Labute approximate surface area is 254 Å². The van der Waals surface area contributed by atoms with E-state index in [2.05, 4.69) is 64.9 Å². The van der Waals surface area contributed by atoms with Gasteiger partial charge in [0.25, 0.3) is 0 Å². The van der Waals surface area contributed by atoms with Gasteiger partial charge in [0.05, 0.1) is 11.4 Å².